The van der Waals surface area contributed by atoms with Crippen LogP contribution in [0.15, 0.2) is 53.0 Å². The Morgan fingerprint density at radius 2 is 1.81 bits per heavy atom. The number of nitrogens with zero attached hydrogens (tertiary/aromatic N) is 1. The van der Waals surface area contributed by atoms with Crippen LogP contribution in [0.5, 0.6) is 0 Å². The Labute approximate surface area is 162 Å². The van der Waals surface area contributed by atoms with Crippen molar-refractivity contribution in [1.29, 1.82) is 0 Å². The number of carbonyl (C=O) groups excluding carboxylic acids is 3. The second kappa shape index (κ2) is 9.43. The molecular weight excluding hydrogens is 422 g/mol. The van der Waals surface area contributed by atoms with E-state index in [9.17, 15) is 24.5 Å². The number of rotatable bonds is 7. The fraction of sp³-hybridized carbons (Fsp3) is 0.118. The van der Waals surface area contributed by atoms with Gasteiger partial charge in [-0.1, -0.05) is 22.0 Å². The summed E-state index contributed by atoms with van der Waals surface area (Å²) in [5.74, 6) is -1.92. The Morgan fingerprint density at radius 3 is 2.48 bits per heavy atom. The lowest BCUT2D eigenvalue weighted by Gasteiger charge is -2.08. The molecule has 2 aromatic rings. The van der Waals surface area contributed by atoms with Crippen molar-refractivity contribution < 1.29 is 24.0 Å². The second-order valence-corrected chi connectivity index (χ2v) is 6.12. The van der Waals surface area contributed by atoms with Gasteiger partial charge in [0, 0.05) is 27.9 Å². The fourth-order valence-electron chi connectivity index (χ4n) is 1.95. The van der Waals surface area contributed by atoms with Gasteiger partial charge in [-0.15, -0.1) is 0 Å². The minimum atomic E-state index is -0.797. The van der Waals surface area contributed by atoms with Crippen LogP contribution in [0.25, 0.3) is 0 Å². The van der Waals surface area contributed by atoms with Gasteiger partial charge in [-0.25, -0.2) is 0 Å². The summed E-state index contributed by atoms with van der Waals surface area (Å²) in [5, 5.41) is 15.4. The third kappa shape index (κ3) is 6.51. The third-order valence-corrected chi connectivity index (χ3v) is 3.73. The van der Waals surface area contributed by atoms with Crippen LogP contribution in [-0.2, 0) is 14.3 Å². The van der Waals surface area contributed by atoms with Crippen molar-refractivity contribution in [3.05, 3.63) is 68.7 Å². The molecule has 0 radical (unpaired) electrons. The van der Waals surface area contributed by atoms with Crippen LogP contribution < -0.4 is 10.6 Å². The van der Waals surface area contributed by atoms with E-state index in [-0.39, 0.29) is 11.4 Å². The van der Waals surface area contributed by atoms with E-state index in [2.05, 4.69) is 26.6 Å². The summed E-state index contributed by atoms with van der Waals surface area (Å²) in [6.07, 6.45) is 0. The maximum Gasteiger partial charge on any atom is 0.325 e. The number of nitro groups is 1. The van der Waals surface area contributed by atoms with Gasteiger partial charge in [0.1, 0.15) is 6.54 Å². The number of benzene rings is 2. The van der Waals surface area contributed by atoms with Crippen molar-refractivity contribution in [3.63, 3.8) is 0 Å². The zero-order valence-electron chi connectivity index (χ0n) is 13.8. The lowest BCUT2D eigenvalue weighted by molar-refractivity contribution is -0.384. The maximum atomic E-state index is 11.9. The molecule has 2 aromatic carbocycles. The highest BCUT2D eigenvalue weighted by Crippen LogP contribution is 2.16. The first-order chi connectivity index (χ1) is 12.8. The predicted octanol–water partition coefficient (Wildman–Crippen LogP) is 2.27. The molecule has 9 nitrogen and oxygen atoms in total. The van der Waals surface area contributed by atoms with E-state index in [0.717, 1.165) is 4.47 Å². The molecule has 0 heterocycles. The molecule has 10 heteroatoms. The van der Waals surface area contributed by atoms with Gasteiger partial charge in [0.25, 0.3) is 17.5 Å². The number of amides is 2. The summed E-state index contributed by atoms with van der Waals surface area (Å²) in [7, 11) is 0. The average molecular weight is 436 g/mol. The molecule has 0 aliphatic rings. The molecule has 0 aliphatic carbocycles. The smallest absolute Gasteiger partial charge is 0.325 e. The molecule has 140 valence electrons. The van der Waals surface area contributed by atoms with E-state index >= 15 is 0 Å². The first kappa shape index (κ1) is 20.0. The largest absolute Gasteiger partial charge is 0.454 e. The molecule has 2 N–H and O–H groups in total. The van der Waals surface area contributed by atoms with E-state index in [4.69, 9.17) is 4.74 Å². The van der Waals surface area contributed by atoms with Gasteiger partial charge in [0.2, 0.25) is 0 Å². The summed E-state index contributed by atoms with van der Waals surface area (Å²) in [4.78, 5) is 45.3. The molecule has 0 bridgehead atoms. The molecule has 27 heavy (non-hydrogen) atoms. The number of halogens is 1. The number of anilines is 1. The summed E-state index contributed by atoms with van der Waals surface area (Å²) in [5.41, 5.74) is 0.392. The number of nitro benzene ring substituents is 1. The van der Waals surface area contributed by atoms with Gasteiger partial charge in [-0.05, 0) is 30.3 Å². The quantitative estimate of drug-likeness (QED) is 0.390. The normalized spacial score (nSPS) is 9.96. The minimum absolute atomic E-state index is 0.180. The average Bonchev–Trinajstić information content (AvgIpc) is 2.65. The van der Waals surface area contributed by atoms with E-state index in [1.807, 2.05) is 0 Å². The van der Waals surface area contributed by atoms with Gasteiger partial charge in [-0.3, -0.25) is 24.5 Å². The molecule has 0 aliphatic heterocycles. The molecule has 0 atom stereocenters. The van der Waals surface area contributed by atoms with Gasteiger partial charge < -0.3 is 15.4 Å². The van der Waals surface area contributed by atoms with E-state index in [0.29, 0.717) is 5.56 Å². The predicted molar refractivity (Wildman–Crippen MR) is 99.2 cm³/mol. The zero-order valence-corrected chi connectivity index (χ0v) is 15.4. The van der Waals surface area contributed by atoms with Gasteiger partial charge in [-0.2, -0.15) is 0 Å². The van der Waals surface area contributed by atoms with Crippen LogP contribution in [0, 0.1) is 10.1 Å². The van der Waals surface area contributed by atoms with Crippen molar-refractivity contribution in [1.82, 2.24) is 5.32 Å². The molecule has 0 saturated heterocycles. The topological polar surface area (TPSA) is 128 Å². The zero-order chi connectivity index (χ0) is 19.8. The van der Waals surface area contributed by atoms with Crippen LogP contribution in [0.4, 0.5) is 11.4 Å². The highest BCUT2D eigenvalue weighted by Gasteiger charge is 2.12. The summed E-state index contributed by atoms with van der Waals surface area (Å²) in [6.45, 7) is -0.991. The SMILES string of the molecule is O=C(COC(=O)CNC(=O)c1ccc(Br)cc1)Nc1cccc([N+](=O)[O-])c1. The summed E-state index contributed by atoms with van der Waals surface area (Å²) in [6, 6.07) is 11.9. The number of hydrogen-bond donors (Lipinski definition) is 2. The Bertz CT molecular complexity index is 869. The highest BCUT2D eigenvalue weighted by molar-refractivity contribution is 9.10. The molecule has 0 saturated carbocycles. The highest BCUT2D eigenvalue weighted by atomic mass is 79.9. The fourth-order valence-corrected chi connectivity index (χ4v) is 2.21. The van der Waals surface area contributed by atoms with Gasteiger partial charge >= 0.3 is 5.97 Å². The number of carbonyl (C=O) groups is 3. The second-order valence-electron chi connectivity index (χ2n) is 5.21. The summed E-state index contributed by atoms with van der Waals surface area (Å²) >= 11 is 3.25. The number of hydrogen-bond acceptors (Lipinski definition) is 6. The standard InChI is InChI=1S/C17H14BrN3O6/c18-12-6-4-11(5-7-12)17(24)19-9-16(23)27-10-15(22)20-13-2-1-3-14(8-13)21(25)26/h1-8H,9-10H2,(H,19,24)(H,20,22). The third-order valence-electron chi connectivity index (χ3n) is 3.20. The molecule has 0 fully saturated rings. The van der Waals surface area contributed by atoms with Crippen molar-refractivity contribution in [2.24, 2.45) is 0 Å². The van der Waals surface area contributed by atoms with Crippen LogP contribution in [0.1, 0.15) is 10.4 Å². The lowest BCUT2D eigenvalue weighted by atomic mass is 10.2. The summed E-state index contributed by atoms with van der Waals surface area (Å²) < 4.78 is 5.57. The Kier molecular flexibility index (Phi) is 7.00. The number of non-ortho nitro benzene ring substituents is 1. The minimum Gasteiger partial charge on any atom is -0.454 e. The maximum absolute atomic E-state index is 11.9. The van der Waals surface area contributed by atoms with E-state index in [1.165, 1.54) is 24.3 Å². The molecular formula is C17H14BrN3O6. The number of nitrogens with one attached hydrogen (secondary N) is 2. The lowest BCUT2D eigenvalue weighted by Crippen LogP contribution is -2.32. The van der Waals surface area contributed by atoms with Crippen molar-refractivity contribution in [2.45, 2.75) is 0 Å². The monoisotopic (exact) mass is 435 g/mol. The molecule has 0 unspecified atom stereocenters. The first-order valence-corrected chi connectivity index (χ1v) is 8.38. The van der Waals surface area contributed by atoms with Crippen molar-refractivity contribution >= 4 is 45.1 Å². The van der Waals surface area contributed by atoms with Crippen LogP contribution in [0.2, 0.25) is 0 Å². The Balaban J connectivity index is 1.75. The van der Waals surface area contributed by atoms with E-state index < -0.39 is 35.9 Å². The number of ether oxygens (including phenoxy) is 1. The number of esters is 1. The first-order valence-electron chi connectivity index (χ1n) is 7.59. The van der Waals surface area contributed by atoms with Crippen molar-refractivity contribution in [3.8, 4) is 0 Å². The van der Waals surface area contributed by atoms with Crippen LogP contribution in [-0.4, -0.2) is 35.9 Å². The molecule has 2 rings (SSSR count). The Hall–Kier alpha value is -3.27. The van der Waals surface area contributed by atoms with Gasteiger partial charge in [0.15, 0.2) is 6.61 Å². The Morgan fingerprint density at radius 1 is 1.11 bits per heavy atom. The molecule has 0 spiro atoms. The van der Waals surface area contributed by atoms with Crippen LogP contribution in [0.3, 0.4) is 0 Å². The van der Waals surface area contributed by atoms with Crippen molar-refractivity contribution in [2.75, 3.05) is 18.5 Å². The van der Waals surface area contributed by atoms with E-state index in [1.54, 1.807) is 24.3 Å². The molecule has 0 aromatic heterocycles. The van der Waals surface area contributed by atoms with Gasteiger partial charge in [0.05, 0.1) is 4.92 Å². The molecule has 2 amide bonds. The van der Waals surface area contributed by atoms with Crippen LogP contribution >= 0.6 is 15.9 Å².